The summed E-state index contributed by atoms with van der Waals surface area (Å²) >= 11 is 6.54. The molecule has 0 radical (unpaired) electrons. The van der Waals surface area contributed by atoms with Crippen LogP contribution in [0.15, 0.2) is 21.1 Å². The highest BCUT2D eigenvalue weighted by molar-refractivity contribution is 9.11. The third-order valence-corrected chi connectivity index (χ3v) is 4.84. The molecule has 2 N–H and O–H groups in total. The van der Waals surface area contributed by atoms with Gasteiger partial charge in [0, 0.05) is 22.0 Å². The van der Waals surface area contributed by atoms with Crippen LogP contribution >= 0.6 is 31.9 Å². The third-order valence-electron chi connectivity index (χ3n) is 3.75. The van der Waals surface area contributed by atoms with E-state index in [2.05, 4.69) is 37.2 Å². The van der Waals surface area contributed by atoms with Gasteiger partial charge in [0.1, 0.15) is 0 Å². The zero-order valence-electron chi connectivity index (χ0n) is 11.7. The minimum Gasteiger partial charge on any atom is -0.478 e. The largest absolute Gasteiger partial charge is 0.478 e. The average molecular weight is 420 g/mol. The van der Waals surface area contributed by atoms with Gasteiger partial charge < -0.3 is 15.3 Å². The molecule has 1 aromatic carbocycles. The van der Waals surface area contributed by atoms with Gasteiger partial charge in [0.25, 0.3) is 0 Å². The Hall–Kier alpha value is -1.08. The molecule has 1 aliphatic rings. The maximum atomic E-state index is 12.3. The monoisotopic (exact) mass is 418 g/mol. The maximum Gasteiger partial charge on any atom is 0.337 e. The van der Waals surface area contributed by atoms with E-state index in [1.165, 1.54) is 6.07 Å². The minimum absolute atomic E-state index is 0.0390. The van der Waals surface area contributed by atoms with Crippen LogP contribution in [0.2, 0.25) is 0 Å². The van der Waals surface area contributed by atoms with Crippen molar-refractivity contribution in [2.24, 2.45) is 5.92 Å². The Kier molecular flexibility index (Phi) is 4.93. The molecule has 2 amide bonds. The number of amides is 2. The normalized spacial score (nSPS) is 15.4. The van der Waals surface area contributed by atoms with Crippen molar-refractivity contribution in [2.45, 2.75) is 25.8 Å². The number of carboxylic acid groups (broad SMARTS) is 1. The Bertz CT molecular complexity index is 588. The van der Waals surface area contributed by atoms with Crippen molar-refractivity contribution in [1.82, 2.24) is 4.90 Å². The fraction of sp³-hybridized carbons (Fsp3) is 0.429. The van der Waals surface area contributed by atoms with Crippen molar-refractivity contribution in [3.63, 3.8) is 0 Å². The number of hydrogen-bond acceptors (Lipinski definition) is 2. The lowest BCUT2D eigenvalue weighted by atomic mass is 10.1. The summed E-state index contributed by atoms with van der Waals surface area (Å²) in [6.45, 7) is 2.01. The molecule has 2 rings (SSSR count). The SMILES string of the molecule is CC(C1CC1)N(C)C(=O)Nc1c(Br)cc(Br)cc1C(=O)O. The third kappa shape index (κ3) is 3.77. The van der Waals surface area contributed by atoms with E-state index in [-0.39, 0.29) is 23.3 Å². The van der Waals surface area contributed by atoms with Crippen molar-refractivity contribution in [1.29, 1.82) is 0 Å². The van der Waals surface area contributed by atoms with Gasteiger partial charge >= 0.3 is 12.0 Å². The smallest absolute Gasteiger partial charge is 0.337 e. The van der Waals surface area contributed by atoms with Crippen LogP contribution in [0.5, 0.6) is 0 Å². The highest BCUT2D eigenvalue weighted by Gasteiger charge is 2.32. The number of aromatic carboxylic acids is 1. The summed E-state index contributed by atoms with van der Waals surface area (Å²) in [4.78, 5) is 25.2. The zero-order valence-corrected chi connectivity index (χ0v) is 14.9. The topological polar surface area (TPSA) is 69.6 Å². The summed E-state index contributed by atoms with van der Waals surface area (Å²) in [6, 6.07) is 3.01. The van der Waals surface area contributed by atoms with E-state index in [1.54, 1.807) is 18.0 Å². The van der Waals surface area contributed by atoms with E-state index in [1.807, 2.05) is 6.92 Å². The van der Waals surface area contributed by atoms with Crippen LogP contribution < -0.4 is 5.32 Å². The molecule has 1 fully saturated rings. The van der Waals surface area contributed by atoms with Gasteiger partial charge in [-0.25, -0.2) is 9.59 Å². The molecule has 0 heterocycles. The van der Waals surface area contributed by atoms with Crippen molar-refractivity contribution < 1.29 is 14.7 Å². The molecule has 1 aromatic rings. The average Bonchev–Trinajstić information content (AvgIpc) is 3.23. The highest BCUT2D eigenvalue weighted by atomic mass is 79.9. The van der Waals surface area contributed by atoms with Crippen LogP contribution in [0.1, 0.15) is 30.1 Å². The number of carbonyl (C=O) groups excluding carboxylic acids is 1. The van der Waals surface area contributed by atoms with E-state index in [4.69, 9.17) is 0 Å². The van der Waals surface area contributed by atoms with Gasteiger partial charge in [-0.1, -0.05) is 15.9 Å². The first-order valence-corrected chi connectivity index (χ1v) is 8.16. The summed E-state index contributed by atoms with van der Waals surface area (Å²) in [6.07, 6.45) is 2.28. The molecular formula is C14H16Br2N2O3. The minimum atomic E-state index is -1.09. The van der Waals surface area contributed by atoms with Crippen LogP contribution in [0.25, 0.3) is 0 Å². The van der Waals surface area contributed by atoms with Gasteiger partial charge in [0.15, 0.2) is 0 Å². The molecule has 0 saturated heterocycles. The second-order valence-corrected chi connectivity index (χ2v) is 7.00. The molecule has 0 aromatic heterocycles. The summed E-state index contributed by atoms with van der Waals surface area (Å²) < 4.78 is 1.15. The summed E-state index contributed by atoms with van der Waals surface area (Å²) in [5.74, 6) is -0.543. The summed E-state index contributed by atoms with van der Waals surface area (Å²) in [5, 5.41) is 12.0. The summed E-state index contributed by atoms with van der Waals surface area (Å²) in [5.41, 5.74) is 0.308. The lowest BCUT2D eigenvalue weighted by molar-refractivity contribution is 0.0698. The molecule has 1 aliphatic carbocycles. The Balaban J connectivity index is 2.22. The van der Waals surface area contributed by atoms with Gasteiger partial charge in [-0.05, 0) is 53.7 Å². The number of hydrogen-bond donors (Lipinski definition) is 2. The molecule has 114 valence electrons. The lowest BCUT2D eigenvalue weighted by Crippen LogP contribution is -2.39. The number of anilines is 1. The number of urea groups is 1. The fourth-order valence-corrected chi connectivity index (χ4v) is 3.47. The van der Waals surface area contributed by atoms with Gasteiger partial charge in [-0.15, -0.1) is 0 Å². The van der Waals surface area contributed by atoms with Crippen molar-refractivity contribution >= 4 is 49.5 Å². The Labute approximate surface area is 140 Å². The molecule has 1 unspecified atom stereocenters. The summed E-state index contributed by atoms with van der Waals surface area (Å²) in [7, 11) is 1.73. The Morgan fingerprint density at radius 2 is 2.00 bits per heavy atom. The predicted octanol–water partition coefficient (Wildman–Crippen LogP) is 4.17. The van der Waals surface area contributed by atoms with Gasteiger partial charge in [0.05, 0.1) is 11.3 Å². The van der Waals surface area contributed by atoms with Gasteiger partial charge in [0.2, 0.25) is 0 Å². The standard InChI is InChI=1S/C14H16Br2N2O3/c1-7(8-3-4-8)18(2)14(21)17-12-10(13(19)20)5-9(15)6-11(12)16/h5-8H,3-4H2,1-2H3,(H,17,21)(H,19,20). The molecule has 0 spiro atoms. The number of nitrogens with zero attached hydrogens (tertiary/aromatic N) is 1. The van der Waals surface area contributed by atoms with Crippen LogP contribution in [0.3, 0.4) is 0 Å². The quantitative estimate of drug-likeness (QED) is 0.769. The molecule has 0 aliphatic heterocycles. The lowest BCUT2D eigenvalue weighted by Gasteiger charge is -2.25. The van der Waals surface area contributed by atoms with Crippen molar-refractivity contribution in [3.8, 4) is 0 Å². The number of carbonyl (C=O) groups is 2. The molecule has 0 bridgehead atoms. The zero-order chi connectivity index (χ0) is 15.7. The molecule has 5 nitrogen and oxygen atoms in total. The number of nitrogens with one attached hydrogen (secondary N) is 1. The maximum absolute atomic E-state index is 12.3. The number of rotatable bonds is 4. The highest BCUT2D eigenvalue weighted by Crippen LogP contribution is 2.35. The van der Waals surface area contributed by atoms with Crippen LogP contribution in [0, 0.1) is 5.92 Å². The second kappa shape index (κ2) is 6.36. The number of benzene rings is 1. The molecule has 1 atom stereocenters. The van der Waals surface area contributed by atoms with Crippen LogP contribution in [-0.2, 0) is 0 Å². The van der Waals surface area contributed by atoms with E-state index in [0.29, 0.717) is 14.9 Å². The first-order chi connectivity index (χ1) is 9.81. The van der Waals surface area contributed by atoms with Gasteiger partial charge in [-0.2, -0.15) is 0 Å². The molecule has 1 saturated carbocycles. The van der Waals surface area contributed by atoms with E-state index >= 15 is 0 Å². The first kappa shape index (κ1) is 16.3. The molecular weight excluding hydrogens is 404 g/mol. The van der Waals surface area contributed by atoms with Crippen LogP contribution in [-0.4, -0.2) is 35.1 Å². The van der Waals surface area contributed by atoms with E-state index in [9.17, 15) is 14.7 Å². The number of halogens is 2. The van der Waals surface area contributed by atoms with Crippen molar-refractivity contribution in [3.05, 3.63) is 26.6 Å². The molecule has 21 heavy (non-hydrogen) atoms. The first-order valence-electron chi connectivity index (χ1n) is 6.57. The van der Waals surface area contributed by atoms with Gasteiger partial charge in [-0.3, -0.25) is 0 Å². The van der Waals surface area contributed by atoms with Crippen LogP contribution in [0.4, 0.5) is 10.5 Å². The predicted molar refractivity (Wildman–Crippen MR) is 87.8 cm³/mol. The van der Waals surface area contributed by atoms with E-state index in [0.717, 1.165) is 12.8 Å². The number of carboxylic acids is 1. The Morgan fingerprint density at radius 1 is 1.38 bits per heavy atom. The molecule has 7 heteroatoms. The Morgan fingerprint density at radius 3 is 2.52 bits per heavy atom. The van der Waals surface area contributed by atoms with E-state index < -0.39 is 5.97 Å². The van der Waals surface area contributed by atoms with Crippen molar-refractivity contribution in [2.75, 3.05) is 12.4 Å². The second-order valence-electron chi connectivity index (χ2n) is 5.23. The fourth-order valence-electron chi connectivity index (χ4n) is 2.14.